The van der Waals surface area contributed by atoms with Gasteiger partial charge in [-0.15, -0.1) is 0 Å². The zero-order valence-corrected chi connectivity index (χ0v) is 12.3. The molecule has 88 valence electrons. The van der Waals surface area contributed by atoms with E-state index in [1.54, 1.807) is 16.9 Å². The van der Waals surface area contributed by atoms with Crippen molar-refractivity contribution in [2.45, 2.75) is 32.9 Å². The van der Waals surface area contributed by atoms with E-state index >= 15 is 0 Å². The molecule has 0 fully saturated rings. The summed E-state index contributed by atoms with van der Waals surface area (Å²) in [6, 6.07) is 8.11. The summed E-state index contributed by atoms with van der Waals surface area (Å²) in [6.45, 7) is 6.05. The molecule has 0 aliphatic carbocycles. The number of ether oxygens (including phenoxy) is 1. The average Bonchev–Trinajstić information content (AvgIpc) is 2.14. The summed E-state index contributed by atoms with van der Waals surface area (Å²) in [5.74, 6) is 0. The molecule has 0 bridgehead atoms. The van der Waals surface area contributed by atoms with Crippen molar-refractivity contribution in [2.24, 2.45) is 0 Å². The Morgan fingerprint density at radius 1 is 1.31 bits per heavy atom. The third-order valence-corrected chi connectivity index (χ3v) is 2.62. The molecule has 0 spiro atoms. The number of amides is 1. The van der Waals surface area contributed by atoms with Crippen LogP contribution in [0.15, 0.2) is 24.3 Å². The Bertz CT molecular complexity index is 354. The summed E-state index contributed by atoms with van der Waals surface area (Å²) in [5.41, 5.74) is 0.632. The first-order valence-electron chi connectivity index (χ1n) is 5.18. The topological polar surface area (TPSA) is 38.3 Å². The molecule has 1 unspecified atom stereocenters. The first kappa shape index (κ1) is 13.1. The van der Waals surface area contributed by atoms with Crippen LogP contribution in [-0.4, -0.2) is 28.5 Å². The number of nitrogens with one attached hydrogen (secondary N) is 1. The molecule has 0 radical (unpaired) electrons. The van der Waals surface area contributed by atoms with Gasteiger partial charge in [0.05, 0.1) is 0 Å². The monoisotopic (exact) mass is 283 g/mol. The van der Waals surface area contributed by atoms with E-state index in [-0.39, 0.29) is 6.09 Å². The minimum atomic E-state index is -0.445. The Balaban J connectivity index is 2.40. The molecule has 4 heteroatoms. The summed E-state index contributed by atoms with van der Waals surface area (Å²) in [6.07, 6.45) is -0.378. The summed E-state index contributed by atoms with van der Waals surface area (Å²) in [5, 5.41) is 2.72. The quantitative estimate of drug-likeness (QED) is 0.821. The van der Waals surface area contributed by atoms with Crippen LogP contribution >= 0.6 is 0 Å². The van der Waals surface area contributed by atoms with Crippen LogP contribution in [0.4, 0.5) is 4.79 Å². The van der Waals surface area contributed by atoms with Crippen molar-refractivity contribution in [2.75, 3.05) is 0 Å². The standard InChI is InChI=1S/C12H18AsNO2/c1-12(2,3)16-11(15)14-8-9-4-6-10(13)7-5-9/h4-7H,8,13H2,1-3H3,(H,14,15). The Morgan fingerprint density at radius 2 is 1.88 bits per heavy atom. The van der Waals surface area contributed by atoms with Gasteiger partial charge in [0.15, 0.2) is 0 Å². The van der Waals surface area contributed by atoms with E-state index in [1.807, 2.05) is 45.0 Å². The number of rotatable bonds is 2. The van der Waals surface area contributed by atoms with Crippen molar-refractivity contribution in [3.05, 3.63) is 29.8 Å². The zero-order valence-electron chi connectivity index (χ0n) is 9.91. The molecule has 0 aliphatic rings. The molecular weight excluding hydrogens is 265 g/mol. The van der Waals surface area contributed by atoms with Crippen molar-refractivity contribution in [3.8, 4) is 0 Å². The zero-order chi connectivity index (χ0) is 12.2. The predicted molar refractivity (Wildman–Crippen MR) is 67.7 cm³/mol. The van der Waals surface area contributed by atoms with Gasteiger partial charge in [0.25, 0.3) is 0 Å². The third-order valence-electron chi connectivity index (χ3n) is 1.82. The molecule has 0 saturated heterocycles. The van der Waals surface area contributed by atoms with Gasteiger partial charge in [-0.1, -0.05) is 0 Å². The van der Waals surface area contributed by atoms with Gasteiger partial charge in [0, 0.05) is 0 Å². The van der Waals surface area contributed by atoms with Crippen molar-refractivity contribution in [1.29, 1.82) is 0 Å². The normalized spacial score (nSPS) is 11.0. The van der Waals surface area contributed by atoms with Gasteiger partial charge in [-0.2, -0.15) is 0 Å². The van der Waals surface area contributed by atoms with Gasteiger partial charge in [-0.05, 0) is 0 Å². The van der Waals surface area contributed by atoms with Crippen LogP contribution in [0.3, 0.4) is 0 Å². The van der Waals surface area contributed by atoms with Crippen molar-refractivity contribution < 1.29 is 9.53 Å². The molecule has 16 heavy (non-hydrogen) atoms. The van der Waals surface area contributed by atoms with E-state index in [1.165, 1.54) is 4.35 Å². The molecule has 1 rings (SSSR count). The molecule has 1 N–H and O–H groups in total. The average molecular weight is 283 g/mol. The first-order valence-corrected chi connectivity index (χ1v) is 6.39. The molecule has 0 heterocycles. The second kappa shape index (κ2) is 5.40. The SMILES string of the molecule is CC(C)(C)OC(=O)NCc1ccc([AsH2])cc1. The molecule has 1 aromatic carbocycles. The molecule has 0 aliphatic heterocycles. The van der Waals surface area contributed by atoms with E-state index in [2.05, 4.69) is 5.32 Å². The van der Waals surface area contributed by atoms with Crippen LogP contribution < -0.4 is 9.67 Å². The second-order valence-corrected chi connectivity index (χ2v) is 6.00. The fourth-order valence-electron chi connectivity index (χ4n) is 1.12. The first-order chi connectivity index (χ1) is 7.37. The number of hydrogen-bond acceptors (Lipinski definition) is 2. The van der Waals surface area contributed by atoms with Gasteiger partial charge >= 0.3 is 105 Å². The van der Waals surface area contributed by atoms with Crippen molar-refractivity contribution >= 4 is 27.3 Å². The van der Waals surface area contributed by atoms with Crippen LogP contribution in [0.5, 0.6) is 0 Å². The van der Waals surface area contributed by atoms with Crippen LogP contribution in [-0.2, 0) is 11.3 Å². The summed E-state index contributed by atoms with van der Waals surface area (Å²) < 4.78 is 6.41. The Hall–Kier alpha value is -0.952. The number of alkyl carbamates (subject to hydrolysis) is 1. The van der Waals surface area contributed by atoms with Crippen LogP contribution in [0, 0.1) is 0 Å². The number of carbonyl (C=O) groups excluding carboxylic acids is 1. The predicted octanol–water partition coefficient (Wildman–Crippen LogP) is 0.970. The fraction of sp³-hybridized carbons (Fsp3) is 0.417. The summed E-state index contributed by atoms with van der Waals surface area (Å²) in [4.78, 5) is 11.4. The van der Waals surface area contributed by atoms with Crippen molar-refractivity contribution in [3.63, 3.8) is 0 Å². The molecule has 0 aromatic heterocycles. The molecular formula is C12H18AsNO2. The minimum absolute atomic E-state index is 0.378. The van der Waals surface area contributed by atoms with Gasteiger partial charge < -0.3 is 0 Å². The van der Waals surface area contributed by atoms with E-state index in [0.717, 1.165) is 5.56 Å². The van der Waals surface area contributed by atoms with E-state index in [4.69, 9.17) is 4.74 Å². The van der Waals surface area contributed by atoms with Gasteiger partial charge in [-0.3, -0.25) is 0 Å². The third kappa shape index (κ3) is 5.22. The maximum absolute atomic E-state index is 11.4. The van der Waals surface area contributed by atoms with Gasteiger partial charge in [0.2, 0.25) is 0 Å². The molecule has 1 atom stereocenters. The Kier molecular flexibility index (Phi) is 4.43. The van der Waals surface area contributed by atoms with Crippen LogP contribution in [0.25, 0.3) is 0 Å². The molecule has 1 aromatic rings. The Labute approximate surface area is 105 Å². The summed E-state index contributed by atoms with van der Waals surface area (Å²) >= 11 is 1.59. The molecule has 3 nitrogen and oxygen atoms in total. The van der Waals surface area contributed by atoms with Crippen molar-refractivity contribution in [1.82, 2.24) is 5.32 Å². The maximum atomic E-state index is 11.4. The number of benzene rings is 1. The van der Waals surface area contributed by atoms with E-state index < -0.39 is 5.60 Å². The van der Waals surface area contributed by atoms with Gasteiger partial charge in [0.1, 0.15) is 0 Å². The summed E-state index contributed by atoms with van der Waals surface area (Å²) in [7, 11) is 0. The van der Waals surface area contributed by atoms with Crippen LogP contribution in [0.2, 0.25) is 0 Å². The second-order valence-electron chi connectivity index (χ2n) is 4.60. The van der Waals surface area contributed by atoms with E-state index in [0.29, 0.717) is 6.54 Å². The molecule has 0 saturated carbocycles. The van der Waals surface area contributed by atoms with E-state index in [9.17, 15) is 4.79 Å². The molecule has 1 amide bonds. The van der Waals surface area contributed by atoms with Crippen LogP contribution in [0.1, 0.15) is 26.3 Å². The fourth-order valence-corrected chi connectivity index (χ4v) is 1.53. The van der Waals surface area contributed by atoms with Gasteiger partial charge in [-0.25, -0.2) is 0 Å². The number of carbonyl (C=O) groups is 1. The Morgan fingerprint density at radius 3 is 2.38 bits per heavy atom. The number of hydrogen-bond donors (Lipinski definition) is 1.